The lowest BCUT2D eigenvalue weighted by atomic mass is 9.97. The number of carbonyl (C=O) groups excluding carboxylic acids is 1. The van der Waals surface area contributed by atoms with E-state index in [0.717, 1.165) is 19.4 Å². The van der Waals surface area contributed by atoms with Gasteiger partial charge in [0.05, 0.1) is 15.7 Å². The van der Waals surface area contributed by atoms with Crippen molar-refractivity contribution in [3.63, 3.8) is 0 Å². The van der Waals surface area contributed by atoms with Crippen LogP contribution < -0.4 is 5.32 Å². The number of rotatable bonds is 3. The first kappa shape index (κ1) is 19.5. The van der Waals surface area contributed by atoms with E-state index in [0.29, 0.717) is 39.8 Å². The molecule has 0 spiro atoms. The van der Waals surface area contributed by atoms with Gasteiger partial charge < -0.3 is 15.0 Å². The van der Waals surface area contributed by atoms with E-state index in [-0.39, 0.29) is 6.09 Å². The zero-order valence-corrected chi connectivity index (χ0v) is 16.4. The Morgan fingerprint density at radius 3 is 2.25 bits per heavy atom. The summed E-state index contributed by atoms with van der Waals surface area (Å²) in [4.78, 5) is 13.8. The van der Waals surface area contributed by atoms with Crippen molar-refractivity contribution < 1.29 is 9.53 Å². The number of nitrogens with one attached hydrogen (secondary N) is 1. The Balaban J connectivity index is 1.83. The van der Waals surface area contributed by atoms with Crippen LogP contribution in [0.4, 0.5) is 10.5 Å². The van der Waals surface area contributed by atoms with E-state index in [9.17, 15) is 4.79 Å². The van der Waals surface area contributed by atoms with Crippen LogP contribution in [0.3, 0.4) is 0 Å². The normalized spacial score (nSPS) is 16.2. The zero-order valence-electron chi connectivity index (χ0n) is 14.2. The second-order valence-corrected chi connectivity index (χ2v) is 8.29. The molecule has 1 aromatic rings. The number of amides is 1. The first-order chi connectivity index (χ1) is 11.2. The second kappa shape index (κ2) is 8.03. The highest BCUT2D eigenvalue weighted by Gasteiger charge is 2.26. The number of halogens is 3. The van der Waals surface area contributed by atoms with E-state index in [2.05, 4.69) is 5.32 Å². The maximum absolute atomic E-state index is 12.1. The molecule has 7 heteroatoms. The van der Waals surface area contributed by atoms with Gasteiger partial charge in [0.2, 0.25) is 0 Å². The van der Waals surface area contributed by atoms with E-state index in [1.165, 1.54) is 0 Å². The number of anilines is 1. The average Bonchev–Trinajstić information content (AvgIpc) is 2.45. The minimum absolute atomic E-state index is 0.238. The van der Waals surface area contributed by atoms with Crippen LogP contribution in [0.5, 0.6) is 0 Å². The summed E-state index contributed by atoms with van der Waals surface area (Å²) in [6.45, 7) is 7.78. The molecule has 0 atom stereocenters. The summed E-state index contributed by atoms with van der Waals surface area (Å²) in [5, 5.41) is 4.84. The van der Waals surface area contributed by atoms with Gasteiger partial charge in [-0.1, -0.05) is 34.8 Å². The Morgan fingerprint density at radius 1 is 1.21 bits per heavy atom. The zero-order chi connectivity index (χ0) is 17.9. The summed E-state index contributed by atoms with van der Waals surface area (Å²) >= 11 is 18.3. The van der Waals surface area contributed by atoms with Gasteiger partial charge in [0.25, 0.3) is 0 Å². The van der Waals surface area contributed by atoms with Crippen molar-refractivity contribution in [2.45, 2.75) is 39.2 Å². The third kappa shape index (κ3) is 5.61. The Bertz CT molecular complexity index is 571. The van der Waals surface area contributed by atoms with Gasteiger partial charge in [0.1, 0.15) is 5.60 Å². The summed E-state index contributed by atoms with van der Waals surface area (Å²) in [6, 6.07) is 3.34. The molecule has 1 aliphatic rings. The maximum atomic E-state index is 12.1. The van der Waals surface area contributed by atoms with E-state index < -0.39 is 5.60 Å². The first-order valence-corrected chi connectivity index (χ1v) is 9.15. The summed E-state index contributed by atoms with van der Waals surface area (Å²) in [5.41, 5.74) is 0.245. The second-order valence-electron chi connectivity index (χ2n) is 7.04. The van der Waals surface area contributed by atoms with Crippen LogP contribution in [0.2, 0.25) is 15.1 Å². The van der Waals surface area contributed by atoms with E-state index >= 15 is 0 Å². The van der Waals surface area contributed by atoms with E-state index in [4.69, 9.17) is 39.5 Å². The molecule has 1 fully saturated rings. The fourth-order valence-corrected chi connectivity index (χ4v) is 3.55. The Labute approximate surface area is 158 Å². The van der Waals surface area contributed by atoms with Gasteiger partial charge in [-0.3, -0.25) is 0 Å². The number of ether oxygens (including phenoxy) is 1. The van der Waals surface area contributed by atoms with Crippen LogP contribution >= 0.6 is 34.8 Å². The minimum atomic E-state index is -0.461. The molecule has 0 aliphatic carbocycles. The molecule has 4 nitrogen and oxygen atoms in total. The van der Waals surface area contributed by atoms with Crippen molar-refractivity contribution in [1.82, 2.24) is 4.90 Å². The van der Waals surface area contributed by atoms with Gasteiger partial charge in [-0.2, -0.15) is 0 Å². The molecule has 1 heterocycles. The average molecular weight is 394 g/mol. The van der Waals surface area contributed by atoms with Crippen molar-refractivity contribution >= 4 is 46.6 Å². The molecular formula is C17H23Cl3N2O2. The highest BCUT2D eigenvalue weighted by Crippen LogP contribution is 2.34. The lowest BCUT2D eigenvalue weighted by Gasteiger charge is -2.33. The van der Waals surface area contributed by atoms with Crippen LogP contribution in [0.15, 0.2) is 12.1 Å². The Kier molecular flexibility index (Phi) is 6.52. The lowest BCUT2D eigenvalue weighted by molar-refractivity contribution is 0.0188. The number of carbonyl (C=O) groups is 1. The molecular weight excluding hydrogens is 371 g/mol. The molecule has 134 valence electrons. The predicted octanol–water partition coefficient (Wildman–Crippen LogP) is 5.71. The van der Waals surface area contributed by atoms with E-state index in [1.54, 1.807) is 17.0 Å². The molecule has 24 heavy (non-hydrogen) atoms. The minimum Gasteiger partial charge on any atom is -0.444 e. The van der Waals surface area contributed by atoms with Gasteiger partial charge in [-0.15, -0.1) is 0 Å². The maximum Gasteiger partial charge on any atom is 0.410 e. The summed E-state index contributed by atoms with van der Waals surface area (Å²) in [6.07, 6.45) is 1.59. The highest BCUT2D eigenvalue weighted by atomic mass is 35.5. The summed E-state index contributed by atoms with van der Waals surface area (Å²) < 4.78 is 5.41. The van der Waals surface area contributed by atoms with Crippen molar-refractivity contribution in [2.75, 3.05) is 25.0 Å². The Morgan fingerprint density at radius 2 is 1.75 bits per heavy atom. The third-order valence-electron chi connectivity index (χ3n) is 3.84. The summed E-state index contributed by atoms with van der Waals surface area (Å²) in [7, 11) is 0. The van der Waals surface area contributed by atoms with Crippen LogP contribution in [-0.4, -0.2) is 36.2 Å². The quantitative estimate of drug-likeness (QED) is 0.715. The molecule has 2 rings (SSSR count). The fraction of sp³-hybridized carbons (Fsp3) is 0.588. The van der Waals surface area contributed by atoms with Crippen molar-refractivity contribution in [1.29, 1.82) is 0 Å². The molecule has 1 N–H and O–H groups in total. The van der Waals surface area contributed by atoms with Gasteiger partial charge in [-0.05, 0) is 51.7 Å². The smallest absolute Gasteiger partial charge is 0.410 e. The van der Waals surface area contributed by atoms with Gasteiger partial charge in [-0.25, -0.2) is 4.79 Å². The number of piperidine rings is 1. The highest BCUT2D eigenvalue weighted by molar-refractivity contribution is 6.41. The molecule has 1 saturated heterocycles. The standard InChI is InChI=1S/C17H23Cl3N2O2/c1-17(2,3)24-16(23)22-6-4-11(5-7-22)10-21-15-13(19)8-12(18)9-14(15)20/h8-9,11,21H,4-7,10H2,1-3H3. The number of benzene rings is 1. The van der Waals surface area contributed by atoms with Crippen molar-refractivity contribution in [3.05, 3.63) is 27.2 Å². The Hall–Kier alpha value is -0.840. The third-order valence-corrected chi connectivity index (χ3v) is 4.66. The van der Waals surface area contributed by atoms with Gasteiger partial charge >= 0.3 is 6.09 Å². The number of hydrogen-bond acceptors (Lipinski definition) is 3. The topological polar surface area (TPSA) is 41.6 Å². The molecule has 1 aliphatic heterocycles. The SMILES string of the molecule is CC(C)(C)OC(=O)N1CCC(CNc2c(Cl)cc(Cl)cc2Cl)CC1. The molecule has 0 aromatic heterocycles. The van der Waals surface area contributed by atoms with Gasteiger partial charge in [0.15, 0.2) is 0 Å². The van der Waals surface area contributed by atoms with Crippen LogP contribution in [0.1, 0.15) is 33.6 Å². The summed E-state index contributed by atoms with van der Waals surface area (Å²) in [5.74, 6) is 0.450. The van der Waals surface area contributed by atoms with Crippen molar-refractivity contribution in [3.8, 4) is 0 Å². The molecule has 0 radical (unpaired) electrons. The fourth-order valence-electron chi connectivity index (χ4n) is 2.60. The monoisotopic (exact) mass is 392 g/mol. The van der Waals surface area contributed by atoms with Crippen LogP contribution in [0.25, 0.3) is 0 Å². The van der Waals surface area contributed by atoms with E-state index in [1.807, 2.05) is 20.8 Å². The molecule has 0 unspecified atom stereocenters. The number of likely N-dealkylation sites (tertiary alicyclic amines) is 1. The number of hydrogen-bond donors (Lipinski definition) is 1. The van der Waals surface area contributed by atoms with Crippen LogP contribution in [-0.2, 0) is 4.74 Å². The molecule has 0 saturated carbocycles. The molecule has 1 amide bonds. The van der Waals surface area contributed by atoms with Crippen molar-refractivity contribution in [2.24, 2.45) is 5.92 Å². The number of nitrogens with zero attached hydrogens (tertiary/aromatic N) is 1. The van der Waals surface area contributed by atoms with Gasteiger partial charge in [0, 0.05) is 24.7 Å². The van der Waals surface area contributed by atoms with Crippen LogP contribution in [0, 0.1) is 5.92 Å². The first-order valence-electron chi connectivity index (χ1n) is 8.02. The predicted molar refractivity (Wildman–Crippen MR) is 100 cm³/mol. The molecule has 1 aromatic carbocycles. The lowest BCUT2D eigenvalue weighted by Crippen LogP contribution is -2.42. The largest absolute Gasteiger partial charge is 0.444 e. The molecule has 0 bridgehead atoms.